The molecule has 33 heavy (non-hydrogen) atoms. The number of rotatable bonds is 9. The van der Waals surface area contributed by atoms with E-state index in [0.29, 0.717) is 34.2 Å². The van der Waals surface area contributed by atoms with E-state index in [-0.39, 0.29) is 19.0 Å². The van der Waals surface area contributed by atoms with Gasteiger partial charge in [-0.2, -0.15) is 0 Å². The van der Waals surface area contributed by atoms with Crippen LogP contribution in [0.3, 0.4) is 0 Å². The number of carbonyl (C=O) groups is 3. The summed E-state index contributed by atoms with van der Waals surface area (Å²) in [6, 6.07) is 13.2. The van der Waals surface area contributed by atoms with E-state index in [4.69, 9.17) is 16.3 Å². The molecule has 0 saturated heterocycles. The highest BCUT2D eigenvalue weighted by Gasteiger charge is 2.35. The number of thioether (sulfide) groups is 1. The van der Waals surface area contributed by atoms with E-state index < -0.39 is 36.5 Å². The van der Waals surface area contributed by atoms with Crippen molar-refractivity contribution >= 4 is 59.3 Å². The molecule has 1 aliphatic rings. The first-order valence-electron chi connectivity index (χ1n) is 10.3. The normalized spacial score (nSPS) is 16.2. The molecule has 2 N–H and O–H groups in total. The molecule has 0 aliphatic carbocycles. The summed E-state index contributed by atoms with van der Waals surface area (Å²) in [5.74, 6) is -1.65. The lowest BCUT2D eigenvalue weighted by Crippen LogP contribution is -2.54. The fourth-order valence-corrected chi connectivity index (χ4v) is 4.86. The Bertz CT molecular complexity index is 977. The number of aryl methyl sites for hydroxylation is 1. The Hall–Kier alpha value is -2.26. The van der Waals surface area contributed by atoms with Crippen molar-refractivity contribution in [2.75, 3.05) is 23.8 Å². The monoisotopic (exact) mass is 512 g/mol. The Morgan fingerprint density at radius 2 is 2.00 bits per heavy atom. The van der Waals surface area contributed by atoms with Gasteiger partial charge in [0.25, 0.3) is 0 Å². The highest BCUT2D eigenvalue weighted by Crippen LogP contribution is 2.36. The topological polar surface area (TPSA) is 95.9 Å². The van der Waals surface area contributed by atoms with Gasteiger partial charge in [-0.1, -0.05) is 41.9 Å². The van der Waals surface area contributed by atoms with Crippen LogP contribution in [0.5, 0.6) is 0 Å². The molecule has 0 aromatic heterocycles. The molecule has 2 unspecified atom stereocenters. The predicted octanol–water partition coefficient (Wildman–Crippen LogP) is 3.81. The van der Waals surface area contributed by atoms with Crippen LogP contribution in [0.4, 0.5) is 5.69 Å². The summed E-state index contributed by atoms with van der Waals surface area (Å²) in [5, 5.41) is 13.0. The number of hydrogen-bond acceptors (Lipinski definition) is 6. The number of amides is 1. The molecule has 10 heteroatoms. The molecule has 0 saturated carbocycles. The highest BCUT2D eigenvalue weighted by molar-refractivity contribution is 7.99. The van der Waals surface area contributed by atoms with E-state index in [1.54, 1.807) is 25.1 Å². The Balaban J connectivity index is 0.00000385. The quantitative estimate of drug-likeness (QED) is 0.493. The van der Waals surface area contributed by atoms with Gasteiger partial charge < -0.3 is 9.84 Å². The maximum Gasteiger partial charge on any atom is 0.323 e. The molecule has 3 rings (SSSR count). The number of carbonyl (C=O) groups excluding carboxylic acids is 2. The van der Waals surface area contributed by atoms with E-state index in [2.05, 4.69) is 5.32 Å². The van der Waals surface area contributed by atoms with E-state index in [1.807, 2.05) is 30.3 Å². The fraction of sp³-hybridized carbons (Fsp3) is 0.348. The van der Waals surface area contributed by atoms with Gasteiger partial charge in [-0.05, 0) is 43.5 Å². The minimum absolute atomic E-state index is 0. The lowest BCUT2D eigenvalue weighted by atomic mass is 10.0. The number of halogens is 2. The van der Waals surface area contributed by atoms with Gasteiger partial charge in [-0.15, -0.1) is 24.2 Å². The van der Waals surface area contributed by atoms with Gasteiger partial charge in [0.1, 0.15) is 12.6 Å². The average Bonchev–Trinajstić information content (AvgIpc) is 2.88. The van der Waals surface area contributed by atoms with Gasteiger partial charge in [-0.3, -0.25) is 24.6 Å². The second-order valence-corrected chi connectivity index (χ2v) is 8.79. The van der Waals surface area contributed by atoms with Crippen molar-refractivity contribution in [2.24, 2.45) is 0 Å². The second-order valence-electron chi connectivity index (χ2n) is 7.29. The Labute approximate surface area is 208 Å². The van der Waals surface area contributed by atoms with Gasteiger partial charge in [-0.25, -0.2) is 0 Å². The molecule has 1 heterocycles. The molecular weight excluding hydrogens is 487 g/mol. The summed E-state index contributed by atoms with van der Waals surface area (Å²) < 4.78 is 5.22. The van der Waals surface area contributed by atoms with Crippen molar-refractivity contribution < 1.29 is 24.2 Å². The number of benzene rings is 2. The van der Waals surface area contributed by atoms with E-state index in [1.165, 1.54) is 16.7 Å². The predicted molar refractivity (Wildman–Crippen MR) is 132 cm³/mol. The van der Waals surface area contributed by atoms with E-state index in [9.17, 15) is 19.5 Å². The maximum atomic E-state index is 13.3. The third-order valence-corrected chi connectivity index (χ3v) is 6.39. The molecule has 0 radical (unpaired) electrons. The van der Waals surface area contributed by atoms with Crippen LogP contribution >= 0.6 is 35.8 Å². The van der Waals surface area contributed by atoms with Gasteiger partial charge in [0.2, 0.25) is 5.91 Å². The number of carboxylic acid groups (broad SMARTS) is 1. The Kier molecular flexibility index (Phi) is 10.5. The minimum atomic E-state index is -1.13. The van der Waals surface area contributed by atoms with Crippen LogP contribution in [0.25, 0.3) is 0 Å². The molecular formula is C23H26Cl2N2O5S. The van der Waals surface area contributed by atoms with Crippen molar-refractivity contribution in [3.8, 4) is 0 Å². The summed E-state index contributed by atoms with van der Waals surface area (Å²) in [6.45, 7) is 1.47. The SMILES string of the molecule is CCOC(=O)C(CCc1ccccc1)NC1CSc2cc(Cl)ccc2N(CC(=O)O)C1=O.Cl. The Morgan fingerprint density at radius 3 is 2.67 bits per heavy atom. The van der Waals surface area contributed by atoms with Crippen LogP contribution in [0.15, 0.2) is 53.4 Å². The minimum Gasteiger partial charge on any atom is -0.480 e. The average molecular weight is 513 g/mol. The van der Waals surface area contributed by atoms with Crippen LogP contribution < -0.4 is 10.2 Å². The third kappa shape index (κ3) is 7.37. The lowest BCUT2D eigenvalue weighted by Gasteiger charge is -2.27. The first kappa shape index (κ1) is 27.0. The third-order valence-electron chi connectivity index (χ3n) is 5.01. The number of nitrogens with zero attached hydrogens (tertiary/aromatic N) is 1. The summed E-state index contributed by atoms with van der Waals surface area (Å²) in [6.07, 6.45) is 1.06. The molecule has 178 valence electrons. The summed E-state index contributed by atoms with van der Waals surface area (Å²) in [4.78, 5) is 39.4. The van der Waals surface area contributed by atoms with Crippen LogP contribution in [0, 0.1) is 0 Å². The molecule has 1 amide bonds. The number of esters is 1. The van der Waals surface area contributed by atoms with Gasteiger partial charge in [0.15, 0.2) is 0 Å². The fourth-order valence-electron chi connectivity index (χ4n) is 3.51. The standard InChI is InChI=1S/C23H25ClN2O5S.ClH/c1-2-31-23(30)17(10-8-15-6-4-3-5-7-15)25-18-14-32-20-12-16(24)9-11-19(20)26(22(18)29)13-21(27)28;/h3-7,9,11-12,17-18,25H,2,8,10,13-14H2,1H3,(H,27,28);1H. The first-order valence-corrected chi connectivity index (χ1v) is 11.7. The first-order chi connectivity index (χ1) is 15.4. The zero-order valence-corrected chi connectivity index (χ0v) is 20.4. The van der Waals surface area contributed by atoms with Gasteiger partial charge in [0.05, 0.1) is 18.3 Å². The molecule has 0 bridgehead atoms. The zero-order chi connectivity index (χ0) is 23.1. The summed E-state index contributed by atoms with van der Waals surface area (Å²) >= 11 is 7.50. The van der Waals surface area contributed by atoms with E-state index in [0.717, 1.165) is 5.56 Å². The molecule has 2 aromatic carbocycles. The van der Waals surface area contributed by atoms with E-state index >= 15 is 0 Å². The molecule has 7 nitrogen and oxygen atoms in total. The second kappa shape index (κ2) is 12.8. The van der Waals surface area contributed by atoms with Gasteiger partial charge in [0, 0.05) is 15.7 Å². The number of fused-ring (bicyclic) bond motifs is 1. The molecule has 2 aromatic rings. The zero-order valence-electron chi connectivity index (χ0n) is 18.0. The number of carboxylic acids is 1. The largest absolute Gasteiger partial charge is 0.480 e. The summed E-state index contributed by atoms with van der Waals surface area (Å²) in [7, 11) is 0. The van der Waals surface area contributed by atoms with Crippen molar-refractivity contribution in [2.45, 2.75) is 36.7 Å². The number of nitrogens with one attached hydrogen (secondary N) is 1. The van der Waals surface area contributed by atoms with Crippen LogP contribution in [0.2, 0.25) is 5.02 Å². The van der Waals surface area contributed by atoms with Crippen LogP contribution in [-0.4, -0.2) is 53.9 Å². The molecule has 1 aliphatic heterocycles. The number of aliphatic carboxylic acids is 1. The van der Waals surface area contributed by atoms with Crippen molar-refractivity contribution in [3.63, 3.8) is 0 Å². The Morgan fingerprint density at radius 1 is 1.27 bits per heavy atom. The number of anilines is 1. The van der Waals surface area contributed by atoms with Crippen LogP contribution in [-0.2, 0) is 25.5 Å². The lowest BCUT2D eigenvalue weighted by molar-refractivity contribution is -0.146. The smallest absolute Gasteiger partial charge is 0.323 e. The maximum absolute atomic E-state index is 13.3. The van der Waals surface area contributed by atoms with Crippen molar-refractivity contribution in [3.05, 3.63) is 59.1 Å². The molecule has 0 fully saturated rings. The molecule has 2 atom stereocenters. The summed E-state index contributed by atoms with van der Waals surface area (Å²) in [5.41, 5.74) is 1.56. The van der Waals surface area contributed by atoms with Crippen molar-refractivity contribution in [1.82, 2.24) is 5.32 Å². The van der Waals surface area contributed by atoms with Gasteiger partial charge >= 0.3 is 11.9 Å². The van der Waals surface area contributed by atoms with Crippen molar-refractivity contribution in [1.29, 1.82) is 0 Å². The van der Waals surface area contributed by atoms with Crippen LogP contribution in [0.1, 0.15) is 18.9 Å². The molecule has 0 spiro atoms. The number of hydrogen-bond donors (Lipinski definition) is 2. The highest BCUT2D eigenvalue weighted by atomic mass is 35.5. The number of ether oxygens (including phenoxy) is 1.